The van der Waals surface area contributed by atoms with Crippen molar-refractivity contribution in [3.05, 3.63) is 20.7 Å². The molecule has 1 saturated carbocycles. The molecule has 0 N–H and O–H groups in total. The first kappa shape index (κ1) is 16.7. The number of carbonyl (C=O) groups is 1. The van der Waals surface area contributed by atoms with Crippen LogP contribution in [0.3, 0.4) is 0 Å². The van der Waals surface area contributed by atoms with E-state index in [0.29, 0.717) is 5.91 Å². The summed E-state index contributed by atoms with van der Waals surface area (Å²) in [7, 11) is 0. The third-order valence-electron chi connectivity index (χ3n) is 5.25. The Hall–Kier alpha value is -1.14. The standard InChI is InChI=1S/C17H27N3O2S/c1-14-13-23-17(22)20(14)12-9-18-7-10-19(11-8-18)16(21)15-5-3-2-4-6-15/h13,15H,2-12H2,1H3. The molecule has 1 aromatic heterocycles. The summed E-state index contributed by atoms with van der Waals surface area (Å²) in [5.41, 5.74) is 1.05. The maximum Gasteiger partial charge on any atom is 0.307 e. The minimum absolute atomic E-state index is 0.133. The Morgan fingerprint density at radius 2 is 1.83 bits per heavy atom. The molecular formula is C17H27N3O2S. The molecule has 1 aliphatic carbocycles. The minimum Gasteiger partial charge on any atom is -0.340 e. The zero-order valence-corrected chi connectivity index (χ0v) is 14.8. The molecule has 3 rings (SSSR count). The molecule has 128 valence electrons. The predicted molar refractivity (Wildman–Crippen MR) is 92.9 cm³/mol. The summed E-state index contributed by atoms with van der Waals surface area (Å²) in [4.78, 5) is 28.9. The van der Waals surface area contributed by atoms with Gasteiger partial charge in [0.05, 0.1) is 0 Å². The lowest BCUT2D eigenvalue weighted by Crippen LogP contribution is -2.51. The van der Waals surface area contributed by atoms with Crippen molar-refractivity contribution >= 4 is 17.2 Å². The van der Waals surface area contributed by atoms with Crippen LogP contribution in [0.15, 0.2) is 10.2 Å². The molecule has 0 radical (unpaired) electrons. The Morgan fingerprint density at radius 3 is 2.43 bits per heavy atom. The van der Waals surface area contributed by atoms with Gasteiger partial charge in [0.1, 0.15) is 0 Å². The van der Waals surface area contributed by atoms with E-state index in [-0.39, 0.29) is 10.8 Å². The molecule has 0 spiro atoms. The molecule has 0 bridgehead atoms. The van der Waals surface area contributed by atoms with Crippen LogP contribution in [0.25, 0.3) is 0 Å². The molecule has 6 heteroatoms. The van der Waals surface area contributed by atoms with E-state index in [1.807, 2.05) is 16.9 Å². The monoisotopic (exact) mass is 337 g/mol. The van der Waals surface area contributed by atoms with Crippen LogP contribution in [0.2, 0.25) is 0 Å². The van der Waals surface area contributed by atoms with Gasteiger partial charge in [0, 0.05) is 56.3 Å². The molecule has 23 heavy (non-hydrogen) atoms. The first-order chi connectivity index (χ1) is 11.1. The molecule has 2 fully saturated rings. The summed E-state index contributed by atoms with van der Waals surface area (Å²) >= 11 is 1.27. The number of carbonyl (C=O) groups excluding carboxylic acids is 1. The fourth-order valence-electron chi connectivity index (χ4n) is 3.72. The lowest BCUT2D eigenvalue weighted by atomic mass is 9.88. The van der Waals surface area contributed by atoms with Crippen molar-refractivity contribution in [1.29, 1.82) is 0 Å². The zero-order valence-electron chi connectivity index (χ0n) is 14.0. The van der Waals surface area contributed by atoms with E-state index < -0.39 is 0 Å². The summed E-state index contributed by atoms with van der Waals surface area (Å²) in [5, 5.41) is 1.92. The molecular weight excluding hydrogens is 310 g/mol. The highest BCUT2D eigenvalue weighted by atomic mass is 32.1. The highest BCUT2D eigenvalue weighted by molar-refractivity contribution is 7.07. The van der Waals surface area contributed by atoms with Gasteiger partial charge in [0.15, 0.2) is 0 Å². The normalized spacial score (nSPS) is 20.8. The molecule has 1 saturated heterocycles. The van der Waals surface area contributed by atoms with Gasteiger partial charge in [-0.25, -0.2) is 0 Å². The van der Waals surface area contributed by atoms with Gasteiger partial charge in [0.2, 0.25) is 5.91 Å². The second kappa shape index (κ2) is 7.62. The van der Waals surface area contributed by atoms with Gasteiger partial charge in [-0.1, -0.05) is 30.6 Å². The van der Waals surface area contributed by atoms with Gasteiger partial charge in [-0.2, -0.15) is 0 Å². The van der Waals surface area contributed by atoms with Crippen molar-refractivity contribution < 1.29 is 4.79 Å². The SMILES string of the molecule is Cc1csc(=O)n1CCN1CCN(C(=O)C2CCCCC2)CC1. The topological polar surface area (TPSA) is 45.6 Å². The molecule has 0 unspecified atom stereocenters. The Balaban J connectivity index is 1.45. The van der Waals surface area contributed by atoms with Crippen molar-refractivity contribution in [2.75, 3.05) is 32.7 Å². The van der Waals surface area contributed by atoms with E-state index >= 15 is 0 Å². The van der Waals surface area contributed by atoms with Crippen LogP contribution in [0, 0.1) is 12.8 Å². The average Bonchev–Trinajstić information content (AvgIpc) is 2.92. The van der Waals surface area contributed by atoms with E-state index in [1.165, 1.54) is 30.6 Å². The second-order valence-electron chi connectivity index (χ2n) is 6.80. The first-order valence-corrected chi connectivity index (χ1v) is 9.69. The van der Waals surface area contributed by atoms with E-state index in [2.05, 4.69) is 9.80 Å². The maximum absolute atomic E-state index is 12.6. The molecule has 5 nitrogen and oxygen atoms in total. The van der Waals surface area contributed by atoms with Crippen molar-refractivity contribution in [3.8, 4) is 0 Å². The Morgan fingerprint density at radius 1 is 1.13 bits per heavy atom. The summed E-state index contributed by atoms with van der Waals surface area (Å²) < 4.78 is 1.85. The molecule has 2 aliphatic rings. The van der Waals surface area contributed by atoms with Gasteiger partial charge in [-0.05, 0) is 19.8 Å². The van der Waals surface area contributed by atoms with Crippen LogP contribution in [0.5, 0.6) is 0 Å². The number of aromatic nitrogens is 1. The highest BCUT2D eigenvalue weighted by Gasteiger charge is 2.28. The third-order valence-corrected chi connectivity index (χ3v) is 6.14. The largest absolute Gasteiger partial charge is 0.340 e. The van der Waals surface area contributed by atoms with Crippen LogP contribution in [0.4, 0.5) is 0 Å². The fraction of sp³-hybridized carbons (Fsp3) is 0.765. The molecule has 1 aliphatic heterocycles. The Labute approximate surface area is 141 Å². The molecule has 0 aromatic carbocycles. The number of aryl methyl sites for hydroxylation is 1. The van der Waals surface area contributed by atoms with Gasteiger partial charge < -0.3 is 9.47 Å². The summed E-state index contributed by atoms with van der Waals surface area (Å²) in [6.45, 7) is 7.17. The van der Waals surface area contributed by atoms with Crippen molar-refractivity contribution in [2.24, 2.45) is 5.92 Å². The third kappa shape index (κ3) is 4.04. The summed E-state index contributed by atoms with van der Waals surface area (Å²) in [6.07, 6.45) is 5.88. The number of hydrogen-bond donors (Lipinski definition) is 0. The van der Waals surface area contributed by atoms with Crippen LogP contribution in [0.1, 0.15) is 37.8 Å². The Kier molecular flexibility index (Phi) is 5.54. The summed E-state index contributed by atoms with van der Waals surface area (Å²) in [6, 6.07) is 0. The lowest BCUT2D eigenvalue weighted by Gasteiger charge is -2.37. The summed E-state index contributed by atoms with van der Waals surface area (Å²) in [5.74, 6) is 0.664. The van der Waals surface area contributed by atoms with Gasteiger partial charge in [-0.3, -0.25) is 14.5 Å². The molecule has 1 aromatic rings. The van der Waals surface area contributed by atoms with Crippen molar-refractivity contribution in [2.45, 2.75) is 45.6 Å². The number of rotatable bonds is 4. The van der Waals surface area contributed by atoms with Crippen LogP contribution < -0.4 is 4.87 Å². The highest BCUT2D eigenvalue weighted by Crippen LogP contribution is 2.25. The number of hydrogen-bond acceptors (Lipinski definition) is 4. The van der Waals surface area contributed by atoms with E-state index in [4.69, 9.17) is 0 Å². The van der Waals surface area contributed by atoms with Crippen LogP contribution >= 0.6 is 11.3 Å². The van der Waals surface area contributed by atoms with E-state index in [0.717, 1.165) is 57.8 Å². The molecule has 0 atom stereocenters. The number of amides is 1. The second-order valence-corrected chi connectivity index (χ2v) is 7.62. The van der Waals surface area contributed by atoms with Crippen molar-refractivity contribution in [1.82, 2.24) is 14.4 Å². The smallest absolute Gasteiger partial charge is 0.307 e. The number of nitrogens with zero attached hydrogens (tertiary/aromatic N) is 3. The first-order valence-electron chi connectivity index (χ1n) is 8.81. The molecule has 1 amide bonds. The number of piperazine rings is 1. The minimum atomic E-state index is 0.133. The van der Waals surface area contributed by atoms with Crippen molar-refractivity contribution in [3.63, 3.8) is 0 Å². The van der Waals surface area contributed by atoms with Gasteiger partial charge >= 0.3 is 4.87 Å². The van der Waals surface area contributed by atoms with Crippen LogP contribution in [-0.4, -0.2) is 53.0 Å². The predicted octanol–water partition coefficient (Wildman–Crippen LogP) is 1.94. The van der Waals surface area contributed by atoms with E-state index in [1.54, 1.807) is 0 Å². The van der Waals surface area contributed by atoms with Crippen LogP contribution in [-0.2, 0) is 11.3 Å². The maximum atomic E-state index is 12.6. The average molecular weight is 337 g/mol. The Bertz CT molecular complexity index is 581. The molecule has 2 heterocycles. The lowest BCUT2D eigenvalue weighted by molar-refractivity contribution is -0.138. The number of thiazole rings is 1. The van der Waals surface area contributed by atoms with E-state index in [9.17, 15) is 9.59 Å². The quantitative estimate of drug-likeness (QED) is 0.843. The fourth-order valence-corrected chi connectivity index (χ4v) is 4.48. The zero-order chi connectivity index (χ0) is 16.2. The van der Waals surface area contributed by atoms with Gasteiger partial charge in [-0.15, -0.1) is 0 Å². The van der Waals surface area contributed by atoms with Gasteiger partial charge in [0.25, 0.3) is 0 Å².